The Morgan fingerprint density at radius 2 is 1.91 bits per heavy atom. The predicted molar refractivity (Wildman–Crippen MR) is 92.7 cm³/mol. The van der Waals surface area contributed by atoms with E-state index in [0.717, 1.165) is 38.5 Å². The zero-order chi connectivity index (χ0) is 17.0. The number of piperazine rings is 1. The van der Waals surface area contributed by atoms with Gasteiger partial charge in [-0.05, 0) is 19.9 Å². The summed E-state index contributed by atoms with van der Waals surface area (Å²) < 4.78 is 5.47. The molecule has 0 N–H and O–H groups in total. The molecule has 5 heteroatoms. The Labute approximate surface area is 139 Å². The van der Waals surface area contributed by atoms with Crippen molar-refractivity contribution in [2.45, 2.75) is 26.4 Å². The van der Waals surface area contributed by atoms with Crippen molar-refractivity contribution in [2.75, 3.05) is 47.4 Å². The van der Waals surface area contributed by atoms with E-state index in [4.69, 9.17) is 4.74 Å². The van der Waals surface area contributed by atoms with Crippen molar-refractivity contribution in [1.29, 1.82) is 0 Å². The fourth-order valence-electron chi connectivity index (χ4n) is 3.11. The molecule has 1 aromatic carbocycles. The highest BCUT2D eigenvalue weighted by Gasteiger charge is 2.26. The zero-order valence-corrected chi connectivity index (χ0v) is 15.0. The molecule has 0 unspecified atom stereocenters. The minimum absolute atomic E-state index is 0.0411. The van der Waals surface area contributed by atoms with Crippen molar-refractivity contribution in [3.63, 3.8) is 0 Å². The maximum absolute atomic E-state index is 12.1. The van der Waals surface area contributed by atoms with Crippen LogP contribution in [0.25, 0.3) is 0 Å². The van der Waals surface area contributed by atoms with Crippen molar-refractivity contribution >= 4 is 5.91 Å². The topological polar surface area (TPSA) is 36.0 Å². The Balaban J connectivity index is 1.92. The van der Waals surface area contributed by atoms with Crippen LogP contribution in [0, 0.1) is 6.92 Å². The quantitative estimate of drug-likeness (QED) is 0.826. The van der Waals surface area contributed by atoms with E-state index in [1.807, 2.05) is 27.1 Å². The molecule has 0 aromatic heterocycles. The van der Waals surface area contributed by atoms with Crippen LogP contribution < -0.4 is 4.74 Å². The number of amides is 1. The summed E-state index contributed by atoms with van der Waals surface area (Å²) in [6.45, 7) is 8.81. The Kier molecular flexibility index (Phi) is 6.02. The lowest BCUT2D eigenvalue weighted by molar-refractivity contribution is -0.134. The van der Waals surface area contributed by atoms with Gasteiger partial charge in [-0.3, -0.25) is 14.6 Å². The summed E-state index contributed by atoms with van der Waals surface area (Å²) in [6, 6.07) is 6.28. The largest absolute Gasteiger partial charge is 0.496 e. The molecule has 1 saturated heterocycles. The average molecular weight is 319 g/mol. The maximum Gasteiger partial charge on any atom is 0.239 e. The minimum Gasteiger partial charge on any atom is -0.496 e. The number of carbonyl (C=O) groups excluding carboxylic acids is 1. The van der Waals surface area contributed by atoms with Crippen LogP contribution in [0.2, 0.25) is 0 Å². The first kappa shape index (κ1) is 17.8. The maximum atomic E-state index is 12.1. The van der Waals surface area contributed by atoms with Gasteiger partial charge in [-0.2, -0.15) is 0 Å². The molecular weight excluding hydrogens is 290 g/mol. The number of carbonyl (C=O) groups is 1. The third kappa shape index (κ3) is 4.45. The molecule has 0 bridgehead atoms. The highest BCUT2D eigenvalue weighted by Crippen LogP contribution is 2.22. The van der Waals surface area contributed by atoms with Gasteiger partial charge in [0.25, 0.3) is 0 Å². The number of hydrogen-bond acceptors (Lipinski definition) is 4. The molecule has 0 spiro atoms. The van der Waals surface area contributed by atoms with Gasteiger partial charge in [-0.15, -0.1) is 0 Å². The van der Waals surface area contributed by atoms with Gasteiger partial charge in [0, 0.05) is 52.4 Å². The van der Waals surface area contributed by atoms with Crippen molar-refractivity contribution < 1.29 is 9.53 Å². The van der Waals surface area contributed by atoms with Crippen LogP contribution in [0.1, 0.15) is 18.1 Å². The van der Waals surface area contributed by atoms with Crippen LogP contribution in [0.3, 0.4) is 0 Å². The summed E-state index contributed by atoms with van der Waals surface area (Å²) in [5.41, 5.74) is 2.49. The summed E-state index contributed by atoms with van der Waals surface area (Å²) in [7, 11) is 5.36. The summed E-state index contributed by atoms with van der Waals surface area (Å²) in [5.74, 6) is 1.13. The van der Waals surface area contributed by atoms with Gasteiger partial charge in [0.15, 0.2) is 0 Å². The molecule has 5 nitrogen and oxygen atoms in total. The monoisotopic (exact) mass is 319 g/mol. The van der Waals surface area contributed by atoms with Crippen LogP contribution in [-0.2, 0) is 11.3 Å². The van der Waals surface area contributed by atoms with Gasteiger partial charge in [-0.1, -0.05) is 17.7 Å². The van der Waals surface area contributed by atoms with Crippen molar-refractivity contribution in [1.82, 2.24) is 14.7 Å². The third-order valence-corrected chi connectivity index (χ3v) is 4.58. The average Bonchev–Trinajstić information content (AvgIpc) is 2.54. The molecule has 0 radical (unpaired) electrons. The Bertz CT molecular complexity index is 537. The number of ether oxygens (including phenoxy) is 1. The van der Waals surface area contributed by atoms with Crippen LogP contribution in [0.4, 0.5) is 0 Å². The number of likely N-dealkylation sites (N-methyl/N-ethyl adjacent to an activating group) is 1. The Morgan fingerprint density at radius 3 is 2.48 bits per heavy atom. The first-order valence-corrected chi connectivity index (χ1v) is 8.23. The van der Waals surface area contributed by atoms with Crippen LogP contribution in [-0.4, -0.2) is 74.0 Å². The van der Waals surface area contributed by atoms with Crippen molar-refractivity contribution in [3.05, 3.63) is 29.3 Å². The lowest BCUT2D eigenvalue weighted by atomic mass is 10.1. The second kappa shape index (κ2) is 7.79. The third-order valence-electron chi connectivity index (χ3n) is 4.58. The van der Waals surface area contributed by atoms with E-state index in [0.29, 0.717) is 0 Å². The normalized spacial score (nSPS) is 17.8. The van der Waals surface area contributed by atoms with Crippen molar-refractivity contribution in [2.24, 2.45) is 0 Å². The van der Waals surface area contributed by atoms with Crippen LogP contribution in [0.5, 0.6) is 5.75 Å². The number of rotatable bonds is 5. The minimum atomic E-state index is -0.0411. The van der Waals surface area contributed by atoms with Gasteiger partial charge < -0.3 is 9.64 Å². The number of hydrogen-bond donors (Lipinski definition) is 0. The van der Waals surface area contributed by atoms with E-state index < -0.39 is 0 Å². The Hall–Kier alpha value is -1.59. The van der Waals surface area contributed by atoms with E-state index in [2.05, 4.69) is 28.9 Å². The van der Waals surface area contributed by atoms with Crippen LogP contribution in [0.15, 0.2) is 18.2 Å². The lowest BCUT2D eigenvalue weighted by Crippen LogP contribution is -2.53. The SMILES string of the molecule is COc1ccc(C)cc1CN1CCN([C@H](C)C(=O)N(C)C)CC1. The molecule has 0 aliphatic carbocycles. The number of aryl methyl sites for hydroxylation is 1. The smallest absolute Gasteiger partial charge is 0.239 e. The number of benzene rings is 1. The number of nitrogens with zero attached hydrogens (tertiary/aromatic N) is 3. The van der Waals surface area contributed by atoms with Gasteiger partial charge in [-0.25, -0.2) is 0 Å². The predicted octanol–water partition coefficient (Wildman–Crippen LogP) is 1.60. The molecule has 1 aliphatic heterocycles. The molecule has 23 heavy (non-hydrogen) atoms. The summed E-state index contributed by atoms with van der Waals surface area (Å²) >= 11 is 0. The zero-order valence-electron chi connectivity index (χ0n) is 15.0. The highest BCUT2D eigenvalue weighted by atomic mass is 16.5. The molecule has 1 atom stereocenters. The lowest BCUT2D eigenvalue weighted by Gasteiger charge is -2.38. The highest BCUT2D eigenvalue weighted by molar-refractivity contribution is 5.80. The first-order chi connectivity index (χ1) is 10.9. The van der Waals surface area contributed by atoms with Gasteiger partial charge in [0.1, 0.15) is 5.75 Å². The van der Waals surface area contributed by atoms with Gasteiger partial charge in [0.05, 0.1) is 13.2 Å². The fraction of sp³-hybridized carbons (Fsp3) is 0.611. The molecule has 1 amide bonds. The summed E-state index contributed by atoms with van der Waals surface area (Å²) in [6.07, 6.45) is 0. The molecule has 1 fully saturated rings. The van der Waals surface area contributed by atoms with E-state index in [1.165, 1.54) is 11.1 Å². The first-order valence-electron chi connectivity index (χ1n) is 8.23. The molecular formula is C18H29N3O2. The molecule has 2 rings (SSSR count). The van der Waals surface area contributed by atoms with E-state index >= 15 is 0 Å². The van der Waals surface area contributed by atoms with Gasteiger partial charge >= 0.3 is 0 Å². The second-order valence-electron chi connectivity index (χ2n) is 6.54. The van der Waals surface area contributed by atoms with Gasteiger partial charge in [0.2, 0.25) is 5.91 Å². The van der Waals surface area contributed by atoms with E-state index in [9.17, 15) is 4.79 Å². The fourth-order valence-corrected chi connectivity index (χ4v) is 3.11. The molecule has 1 heterocycles. The molecule has 0 saturated carbocycles. The molecule has 128 valence electrons. The van der Waals surface area contributed by atoms with Crippen LogP contribution >= 0.6 is 0 Å². The number of methoxy groups -OCH3 is 1. The van der Waals surface area contributed by atoms with E-state index in [-0.39, 0.29) is 11.9 Å². The molecule has 1 aromatic rings. The second-order valence-corrected chi connectivity index (χ2v) is 6.54. The van der Waals surface area contributed by atoms with E-state index in [1.54, 1.807) is 12.0 Å². The van der Waals surface area contributed by atoms with Crippen molar-refractivity contribution in [3.8, 4) is 5.75 Å². The Morgan fingerprint density at radius 1 is 1.26 bits per heavy atom. The summed E-state index contributed by atoms with van der Waals surface area (Å²) in [4.78, 5) is 18.5. The molecule has 1 aliphatic rings. The standard InChI is InChI=1S/C18H29N3O2/c1-14-6-7-17(23-5)16(12-14)13-20-8-10-21(11-9-20)15(2)18(22)19(3)4/h6-7,12,15H,8-11,13H2,1-5H3/t15-/m1/s1. The summed E-state index contributed by atoms with van der Waals surface area (Å²) in [5, 5.41) is 0.